The molecule has 108 valence electrons. The van der Waals surface area contributed by atoms with E-state index < -0.39 is 0 Å². The Morgan fingerprint density at radius 2 is 2.15 bits per heavy atom. The normalized spacial score (nSPS) is 21.2. The standard InChI is InChI=1S/C15H20N2O2S/c1-3-11-10-17(9-8-14(11)16-19)15(18)12-4-6-13(20-2)7-5-12/h4-7,11,19H,3,8-10H2,1-2H3/b16-14+. The zero-order chi connectivity index (χ0) is 14.5. The zero-order valence-corrected chi connectivity index (χ0v) is 12.7. The molecule has 0 bridgehead atoms. The van der Waals surface area contributed by atoms with Gasteiger partial charge in [0, 0.05) is 35.9 Å². The number of carbonyl (C=O) groups is 1. The molecule has 1 aliphatic heterocycles. The molecule has 1 aliphatic rings. The Morgan fingerprint density at radius 1 is 1.45 bits per heavy atom. The van der Waals surface area contributed by atoms with Gasteiger partial charge in [-0.1, -0.05) is 12.1 Å². The SMILES string of the molecule is CCC1CN(C(=O)c2ccc(SC)cc2)CC/C1=N\O. The molecule has 1 saturated heterocycles. The van der Waals surface area contributed by atoms with Crippen molar-refractivity contribution in [1.82, 2.24) is 4.90 Å². The van der Waals surface area contributed by atoms with E-state index in [2.05, 4.69) is 12.1 Å². The van der Waals surface area contributed by atoms with E-state index >= 15 is 0 Å². The van der Waals surface area contributed by atoms with Crippen molar-refractivity contribution in [2.75, 3.05) is 19.3 Å². The van der Waals surface area contributed by atoms with Gasteiger partial charge in [0.15, 0.2) is 0 Å². The molecule has 20 heavy (non-hydrogen) atoms. The third kappa shape index (κ3) is 3.15. The fourth-order valence-corrected chi connectivity index (χ4v) is 2.92. The molecule has 0 saturated carbocycles. The Bertz CT molecular complexity index is 499. The summed E-state index contributed by atoms with van der Waals surface area (Å²) in [6.07, 6.45) is 3.56. The van der Waals surface area contributed by atoms with Gasteiger partial charge in [-0.3, -0.25) is 4.79 Å². The number of hydrogen-bond donors (Lipinski definition) is 1. The van der Waals surface area contributed by atoms with E-state index in [0.717, 1.165) is 22.6 Å². The Kier molecular flexibility index (Phi) is 5.06. The summed E-state index contributed by atoms with van der Waals surface area (Å²) < 4.78 is 0. The van der Waals surface area contributed by atoms with E-state index in [1.807, 2.05) is 35.4 Å². The van der Waals surface area contributed by atoms with Gasteiger partial charge < -0.3 is 10.1 Å². The number of amides is 1. The molecule has 1 unspecified atom stereocenters. The van der Waals surface area contributed by atoms with Crippen molar-refractivity contribution in [2.24, 2.45) is 11.1 Å². The summed E-state index contributed by atoms with van der Waals surface area (Å²) in [6, 6.07) is 7.70. The van der Waals surface area contributed by atoms with Crippen LogP contribution in [0.1, 0.15) is 30.1 Å². The average Bonchev–Trinajstić information content (AvgIpc) is 2.53. The van der Waals surface area contributed by atoms with Gasteiger partial charge in [-0.05, 0) is 36.9 Å². The maximum atomic E-state index is 12.5. The highest BCUT2D eigenvalue weighted by Crippen LogP contribution is 2.21. The van der Waals surface area contributed by atoms with Gasteiger partial charge in [0.1, 0.15) is 0 Å². The minimum absolute atomic E-state index is 0.0630. The molecular weight excluding hydrogens is 272 g/mol. The molecule has 5 heteroatoms. The third-order valence-electron chi connectivity index (χ3n) is 3.80. The van der Waals surface area contributed by atoms with Crippen molar-refractivity contribution in [3.8, 4) is 0 Å². The third-order valence-corrected chi connectivity index (χ3v) is 4.54. The number of nitrogens with zero attached hydrogens (tertiary/aromatic N) is 2. The number of rotatable bonds is 3. The molecule has 1 amide bonds. The summed E-state index contributed by atoms with van der Waals surface area (Å²) in [5.41, 5.74) is 1.54. The van der Waals surface area contributed by atoms with E-state index in [1.54, 1.807) is 11.8 Å². The van der Waals surface area contributed by atoms with Crippen LogP contribution in [0.2, 0.25) is 0 Å². The second kappa shape index (κ2) is 6.79. The van der Waals surface area contributed by atoms with Gasteiger partial charge in [-0.2, -0.15) is 0 Å². The number of oxime groups is 1. The maximum Gasteiger partial charge on any atom is 0.253 e. The molecule has 1 aromatic carbocycles. The molecule has 1 heterocycles. The van der Waals surface area contributed by atoms with Gasteiger partial charge in [-0.15, -0.1) is 11.8 Å². The summed E-state index contributed by atoms with van der Waals surface area (Å²) in [4.78, 5) is 15.5. The number of carbonyl (C=O) groups excluding carboxylic acids is 1. The first-order valence-corrected chi connectivity index (χ1v) is 8.06. The first-order chi connectivity index (χ1) is 9.69. The van der Waals surface area contributed by atoms with Crippen LogP contribution < -0.4 is 0 Å². The van der Waals surface area contributed by atoms with E-state index in [1.165, 1.54) is 0 Å². The predicted octanol–water partition coefficient (Wildman–Crippen LogP) is 3.11. The highest BCUT2D eigenvalue weighted by Gasteiger charge is 2.28. The monoisotopic (exact) mass is 292 g/mol. The van der Waals surface area contributed by atoms with Crippen molar-refractivity contribution in [1.29, 1.82) is 0 Å². The van der Waals surface area contributed by atoms with Crippen LogP contribution >= 0.6 is 11.8 Å². The van der Waals surface area contributed by atoms with Crippen molar-refractivity contribution in [2.45, 2.75) is 24.7 Å². The topological polar surface area (TPSA) is 52.9 Å². The minimum Gasteiger partial charge on any atom is -0.411 e. The molecule has 1 N–H and O–H groups in total. The second-order valence-electron chi connectivity index (χ2n) is 4.93. The fraction of sp³-hybridized carbons (Fsp3) is 0.467. The molecule has 1 fully saturated rings. The summed E-state index contributed by atoms with van der Waals surface area (Å²) in [7, 11) is 0. The largest absolute Gasteiger partial charge is 0.411 e. The van der Waals surface area contributed by atoms with Crippen LogP contribution in [0.4, 0.5) is 0 Å². The zero-order valence-electron chi connectivity index (χ0n) is 11.9. The van der Waals surface area contributed by atoms with Gasteiger partial charge >= 0.3 is 0 Å². The van der Waals surface area contributed by atoms with E-state index in [4.69, 9.17) is 5.21 Å². The molecule has 0 spiro atoms. The van der Waals surface area contributed by atoms with Gasteiger partial charge in [0.2, 0.25) is 0 Å². The van der Waals surface area contributed by atoms with Crippen LogP contribution in [-0.4, -0.2) is 41.1 Å². The summed E-state index contributed by atoms with van der Waals surface area (Å²) in [6.45, 7) is 3.31. The number of likely N-dealkylation sites (tertiary alicyclic amines) is 1. The number of thioether (sulfide) groups is 1. The first kappa shape index (κ1) is 14.9. The number of piperidine rings is 1. The Balaban J connectivity index is 2.09. The molecule has 4 nitrogen and oxygen atoms in total. The summed E-state index contributed by atoms with van der Waals surface area (Å²) in [5, 5.41) is 12.3. The van der Waals surface area contributed by atoms with E-state index in [9.17, 15) is 4.79 Å². The van der Waals surface area contributed by atoms with Crippen molar-refractivity contribution >= 4 is 23.4 Å². The Hall–Kier alpha value is -1.49. The van der Waals surface area contributed by atoms with Gasteiger partial charge in [0.05, 0.1) is 5.71 Å². The molecule has 0 aromatic heterocycles. The lowest BCUT2D eigenvalue weighted by Gasteiger charge is -2.32. The summed E-state index contributed by atoms with van der Waals surface area (Å²) in [5.74, 6) is 0.233. The minimum atomic E-state index is 0.0630. The van der Waals surface area contributed by atoms with Crippen LogP contribution in [0, 0.1) is 5.92 Å². The van der Waals surface area contributed by atoms with Gasteiger partial charge in [-0.25, -0.2) is 0 Å². The second-order valence-corrected chi connectivity index (χ2v) is 5.81. The first-order valence-electron chi connectivity index (χ1n) is 6.83. The average molecular weight is 292 g/mol. The lowest BCUT2D eigenvalue weighted by molar-refractivity contribution is 0.0729. The maximum absolute atomic E-state index is 12.5. The summed E-state index contributed by atoms with van der Waals surface area (Å²) >= 11 is 1.66. The van der Waals surface area contributed by atoms with E-state index in [-0.39, 0.29) is 11.8 Å². The quantitative estimate of drug-likeness (QED) is 0.529. The Labute approximate surface area is 123 Å². The highest BCUT2D eigenvalue weighted by atomic mass is 32.2. The molecule has 1 atom stereocenters. The lowest BCUT2D eigenvalue weighted by Crippen LogP contribution is -2.44. The highest BCUT2D eigenvalue weighted by molar-refractivity contribution is 7.98. The van der Waals surface area contributed by atoms with E-state index in [0.29, 0.717) is 19.5 Å². The number of hydrogen-bond acceptors (Lipinski definition) is 4. The molecule has 0 radical (unpaired) electrons. The van der Waals surface area contributed by atoms with Crippen molar-refractivity contribution < 1.29 is 10.0 Å². The Morgan fingerprint density at radius 3 is 2.70 bits per heavy atom. The molecule has 0 aliphatic carbocycles. The smallest absolute Gasteiger partial charge is 0.253 e. The van der Waals surface area contributed by atoms with Crippen molar-refractivity contribution in [3.63, 3.8) is 0 Å². The van der Waals surface area contributed by atoms with Gasteiger partial charge in [0.25, 0.3) is 5.91 Å². The van der Waals surface area contributed by atoms with Crippen LogP contribution in [-0.2, 0) is 0 Å². The fourth-order valence-electron chi connectivity index (χ4n) is 2.51. The van der Waals surface area contributed by atoms with Crippen LogP contribution in [0.5, 0.6) is 0 Å². The molecular formula is C15H20N2O2S. The van der Waals surface area contributed by atoms with Crippen LogP contribution in [0.25, 0.3) is 0 Å². The molecule has 2 rings (SSSR count). The van der Waals surface area contributed by atoms with Crippen LogP contribution in [0.3, 0.4) is 0 Å². The van der Waals surface area contributed by atoms with Crippen molar-refractivity contribution in [3.05, 3.63) is 29.8 Å². The predicted molar refractivity (Wildman–Crippen MR) is 81.7 cm³/mol. The number of benzene rings is 1. The molecule has 1 aromatic rings. The van der Waals surface area contributed by atoms with Crippen LogP contribution in [0.15, 0.2) is 34.3 Å². The lowest BCUT2D eigenvalue weighted by atomic mass is 9.93.